The van der Waals surface area contributed by atoms with Crippen LogP contribution < -0.4 is 5.32 Å². The molecule has 0 saturated heterocycles. The Hall–Kier alpha value is -0.850. The highest BCUT2D eigenvalue weighted by Crippen LogP contribution is 2.26. The van der Waals surface area contributed by atoms with Gasteiger partial charge in [-0.1, -0.05) is 17.8 Å². The summed E-state index contributed by atoms with van der Waals surface area (Å²) in [6.45, 7) is 4.58. The number of thiophene rings is 1. The van der Waals surface area contributed by atoms with Gasteiger partial charge >= 0.3 is 0 Å². The van der Waals surface area contributed by atoms with E-state index in [4.69, 9.17) is 0 Å². The van der Waals surface area contributed by atoms with E-state index in [0.717, 1.165) is 16.5 Å². The maximum Gasteiger partial charge on any atom is 0.233 e. The number of rotatable bonds is 6. The van der Waals surface area contributed by atoms with Crippen LogP contribution in [0.3, 0.4) is 0 Å². The molecule has 0 radical (unpaired) electrons. The Labute approximate surface area is 125 Å². The first-order chi connectivity index (χ1) is 9.15. The number of thiazole rings is 1. The second-order valence-corrected chi connectivity index (χ2v) is 7.61. The smallest absolute Gasteiger partial charge is 0.233 e. The number of thioether (sulfide) groups is 1. The van der Waals surface area contributed by atoms with E-state index < -0.39 is 0 Å². The minimum Gasteiger partial charge on any atom is -0.355 e. The third-order valence-electron chi connectivity index (χ3n) is 2.50. The number of aromatic nitrogens is 1. The predicted octanol–water partition coefficient (Wildman–Crippen LogP) is 3.35. The molecule has 1 unspecified atom stereocenters. The van der Waals surface area contributed by atoms with Gasteiger partial charge in [0, 0.05) is 22.5 Å². The van der Waals surface area contributed by atoms with Crippen LogP contribution in [0.25, 0.3) is 0 Å². The molecule has 102 valence electrons. The lowest BCUT2D eigenvalue weighted by atomic mass is 10.3. The monoisotopic (exact) mass is 312 g/mol. The normalized spacial score (nSPS) is 12.3. The van der Waals surface area contributed by atoms with E-state index in [9.17, 15) is 4.79 Å². The third-order valence-corrected chi connectivity index (χ3v) is 5.62. The number of carbonyl (C=O) groups is 1. The first kappa shape index (κ1) is 14.6. The Kier molecular flexibility index (Phi) is 5.42. The van der Waals surface area contributed by atoms with Gasteiger partial charge in [0.05, 0.1) is 5.25 Å². The molecule has 2 rings (SSSR count). The molecule has 0 aliphatic carbocycles. The van der Waals surface area contributed by atoms with Crippen molar-refractivity contribution in [2.45, 2.75) is 29.9 Å². The fourth-order valence-corrected chi connectivity index (χ4v) is 4.22. The van der Waals surface area contributed by atoms with Crippen molar-refractivity contribution in [2.75, 3.05) is 6.54 Å². The van der Waals surface area contributed by atoms with Gasteiger partial charge in [-0.25, -0.2) is 4.98 Å². The van der Waals surface area contributed by atoms with Crippen LogP contribution in [0.2, 0.25) is 0 Å². The predicted molar refractivity (Wildman–Crippen MR) is 83.2 cm³/mol. The summed E-state index contributed by atoms with van der Waals surface area (Å²) in [5.41, 5.74) is 1.01. The van der Waals surface area contributed by atoms with E-state index in [-0.39, 0.29) is 11.2 Å². The van der Waals surface area contributed by atoms with E-state index in [1.165, 1.54) is 16.6 Å². The summed E-state index contributed by atoms with van der Waals surface area (Å²) in [5, 5.41) is 6.93. The number of aryl methyl sites for hydroxylation is 1. The minimum absolute atomic E-state index is 0.0782. The molecule has 0 saturated carbocycles. The molecule has 0 spiro atoms. The molecule has 0 aliphatic heterocycles. The van der Waals surface area contributed by atoms with Crippen LogP contribution >= 0.6 is 34.4 Å². The largest absolute Gasteiger partial charge is 0.355 e. The zero-order valence-corrected chi connectivity index (χ0v) is 13.3. The zero-order chi connectivity index (χ0) is 13.7. The van der Waals surface area contributed by atoms with Crippen molar-refractivity contribution in [1.29, 1.82) is 0 Å². The standard InChI is InChI=1S/C13H16N2OS3/c1-9-8-18-13(15-9)19-10(2)12(16)14-6-5-11-4-3-7-17-11/h3-4,7-8,10H,5-6H2,1-2H3,(H,14,16). The van der Waals surface area contributed by atoms with Crippen molar-refractivity contribution in [2.24, 2.45) is 0 Å². The van der Waals surface area contributed by atoms with Crippen LogP contribution in [0.5, 0.6) is 0 Å². The average molecular weight is 312 g/mol. The lowest BCUT2D eigenvalue weighted by molar-refractivity contribution is -0.120. The number of hydrogen-bond donors (Lipinski definition) is 1. The van der Waals surface area contributed by atoms with E-state index in [0.29, 0.717) is 6.54 Å². The number of carbonyl (C=O) groups excluding carboxylic acids is 1. The zero-order valence-electron chi connectivity index (χ0n) is 10.9. The molecule has 1 N–H and O–H groups in total. The number of amides is 1. The third kappa shape index (κ3) is 4.63. The molecule has 3 nitrogen and oxygen atoms in total. The Balaban J connectivity index is 1.73. The Morgan fingerprint density at radius 1 is 1.53 bits per heavy atom. The fraction of sp³-hybridized carbons (Fsp3) is 0.385. The molecule has 1 atom stereocenters. The first-order valence-electron chi connectivity index (χ1n) is 6.04. The molecule has 2 aromatic rings. The molecule has 19 heavy (non-hydrogen) atoms. The summed E-state index contributed by atoms with van der Waals surface area (Å²) in [7, 11) is 0. The van der Waals surface area contributed by atoms with Gasteiger partial charge < -0.3 is 5.32 Å². The molecule has 1 amide bonds. The number of hydrogen-bond acceptors (Lipinski definition) is 5. The van der Waals surface area contributed by atoms with Crippen LogP contribution in [-0.4, -0.2) is 22.7 Å². The second kappa shape index (κ2) is 7.07. The fourth-order valence-electron chi connectivity index (χ4n) is 1.50. The van der Waals surface area contributed by atoms with Gasteiger partial charge in [-0.2, -0.15) is 0 Å². The molecular weight excluding hydrogens is 296 g/mol. The molecule has 0 bridgehead atoms. The molecule has 0 aromatic carbocycles. The first-order valence-corrected chi connectivity index (χ1v) is 8.68. The van der Waals surface area contributed by atoms with Gasteiger partial charge in [0.15, 0.2) is 4.34 Å². The maximum atomic E-state index is 11.9. The van der Waals surface area contributed by atoms with Gasteiger partial charge in [-0.05, 0) is 31.7 Å². The summed E-state index contributed by atoms with van der Waals surface area (Å²) >= 11 is 4.83. The van der Waals surface area contributed by atoms with Crippen LogP contribution in [0, 0.1) is 6.92 Å². The Morgan fingerprint density at radius 3 is 3.00 bits per heavy atom. The van der Waals surface area contributed by atoms with Crippen molar-refractivity contribution in [3.63, 3.8) is 0 Å². The number of nitrogens with one attached hydrogen (secondary N) is 1. The Bertz CT molecular complexity index is 522. The van der Waals surface area contributed by atoms with Crippen molar-refractivity contribution in [1.82, 2.24) is 10.3 Å². The van der Waals surface area contributed by atoms with Gasteiger partial charge in [0.2, 0.25) is 5.91 Å². The van der Waals surface area contributed by atoms with Gasteiger partial charge in [-0.3, -0.25) is 4.79 Å². The average Bonchev–Trinajstić information content (AvgIpc) is 3.01. The summed E-state index contributed by atoms with van der Waals surface area (Å²) in [4.78, 5) is 17.6. The molecule has 2 heterocycles. The van der Waals surface area contributed by atoms with Gasteiger partial charge in [-0.15, -0.1) is 22.7 Å². The Morgan fingerprint density at radius 2 is 2.37 bits per heavy atom. The lowest BCUT2D eigenvalue weighted by Crippen LogP contribution is -2.32. The summed E-state index contributed by atoms with van der Waals surface area (Å²) in [5.74, 6) is 0.0782. The SMILES string of the molecule is Cc1csc(SC(C)C(=O)NCCc2cccs2)n1. The molecular formula is C13H16N2OS3. The topological polar surface area (TPSA) is 42.0 Å². The van der Waals surface area contributed by atoms with Crippen molar-refractivity contribution >= 4 is 40.3 Å². The summed E-state index contributed by atoms with van der Waals surface area (Å²) in [6, 6.07) is 4.12. The van der Waals surface area contributed by atoms with E-state index in [2.05, 4.69) is 21.7 Å². The van der Waals surface area contributed by atoms with Gasteiger partial charge in [0.25, 0.3) is 0 Å². The van der Waals surface area contributed by atoms with E-state index in [1.807, 2.05) is 25.3 Å². The summed E-state index contributed by atoms with van der Waals surface area (Å²) in [6.07, 6.45) is 0.900. The van der Waals surface area contributed by atoms with E-state index in [1.54, 1.807) is 22.7 Å². The molecule has 2 aromatic heterocycles. The van der Waals surface area contributed by atoms with Gasteiger partial charge in [0.1, 0.15) is 0 Å². The molecule has 6 heteroatoms. The molecule has 0 aliphatic rings. The maximum absolute atomic E-state index is 11.9. The lowest BCUT2D eigenvalue weighted by Gasteiger charge is -2.09. The minimum atomic E-state index is -0.103. The van der Waals surface area contributed by atoms with Crippen molar-refractivity contribution in [3.8, 4) is 0 Å². The molecule has 0 fully saturated rings. The van der Waals surface area contributed by atoms with Crippen molar-refractivity contribution < 1.29 is 4.79 Å². The highest BCUT2D eigenvalue weighted by atomic mass is 32.2. The van der Waals surface area contributed by atoms with E-state index >= 15 is 0 Å². The van der Waals surface area contributed by atoms with Crippen LogP contribution in [-0.2, 0) is 11.2 Å². The van der Waals surface area contributed by atoms with Crippen LogP contribution in [0.1, 0.15) is 17.5 Å². The second-order valence-electron chi connectivity index (χ2n) is 4.14. The highest BCUT2D eigenvalue weighted by molar-refractivity contribution is 8.02. The summed E-state index contributed by atoms with van der Waals surface area (Å²) < 4.78 is 0.957. The van der Waals surface area contributed by atoms with Crippen LogP contribution in [0.15, 0.2) is 27.2 Å². The quantitative estimate of drug-likeness (QED) is 0.832. The van der Waals surface area contributed by atoms with Crippen molar-refractivity contribution in [3.05, 3.63) is 33.5 Å². The van der Waals surface area contributed by atoms with Crippen LogP contribution in [0.4, 0.5) is 0 Å². The highest BCUT2D eigenvalue weighted by Gasteiger charge is 2.15. The number of nitrogens with zero attached hydrogens (tertiary/aromatic N) is 1.